The smallest absolute Gasteiger partial charge is 0.352 e. The number of amides is 1. The van der Waals surface area contributed by atoms with E-state index in [9.17, 15) is 18.0 Å². The van der Waals surface area contributed by atoms with Gasteiger partial charge in [0.05, 0.1) is 13.1 Å². The topological polar surface area (TPSA) is 41.1 Å². The van der Waals surface area contributed by atoms with Gasteiger partial charge in [0.2, 0.25) is 5.91 Å². The molecule has 0 aromatic rings. The van der Waals surface area contributed by atoms with Crippen LogP contribution in [0.15, 0.2) is 0 Å². The lowest BCUT2D eigenvalue weighted by atomic mass is 9.69. The van der Waals surface area contributed by atoms with Crippen molar-refractivity contribution in [1.82, 2.24) is 10.6 Å². The monoisotopic (exact) mass is 292 g/mol. The first-order chi connectivity index (χ1) is 9.06. The van der Waals surface area contributed by atoms with Crippen LogP contribution in [0.3, 0.4) is 0 Å². The van der Waals surface area contributed by atoms with E-state index in [1.54, 1.807) is 0 Å². The first-order valence-electron chi connectivity index (χ1n) is 7.13. The summed E-state index contributed by atoms with van der Waals surface area (Å²) >= 11 is 0. The second-order valence-corrected chi connectivity index (χ2v) is 6.95. The zero-order chi connectivity index (χ0) is 15.2. The maximum atomic E-state index is 12.0. The minimum Gasteiger partial charge on any atom is -0.352 e. The third-order valence-electron chi connectivity index (χ3n) is 5.74. The molecule has 2 saturated carbocycles. The van der Waals surface area contributed by atoms with Crippen molar-refractivity contribution in [2.75, 3.05) is 13.1 Å². The molecule has 2 bridgehead atoms. The number of alkyl halides is 3. The van der Waals surface area contributed by atoms with Crippen molar-refractivity contribution >= 4 is 5.91 Å². The minimum atomic E-state index is -4.28. The van der Waals surface area contributed by atoms with Crippen LogP contribution in [0.1, 0.15) is 40.0 Å². The Kier molecular flexibility index (Phi) is 3.82. The molecule has 2 aliphatic carbocycles. The van der Waals surface area contributed by atoms with E-state index < -0.39 is 12.7 Å². The number of hydrogen-bond donors (Lipinski definition) is 2. The third kappa shape index (κ3) is 2.67. The van der Waals surface area contributed by atoms with Crippen molar-refractivity contribution in [3.63, 3.8) is 0 Å². The molecule has 3 nitrogen and oxygen atoms in total. The van der Waals surface area contributed by atoms with Crippen molar-refractivity contribution in [2.45, 2.75) is 52.3 Å². The number of nitrogens with one attached hydrogen (secondary N) is 2. The first kappa shape index (κ1) is 15.6. The Morgan fingerprint density at radius 1 is 1.30 bits per heavy atom. The summed E-state index contributed by atoms with van der Waals surface area (Å²) in [5.74, 6) is 0.254. The van der Waals surface area contributed by atoms with E-state index in [1.807, 2.05) is 0 Å². The molecule has 6 heteroatoms. The summed E-state index contributed by atoms with van der Waals surface area (Å²) in [6.07, 6.45) is -1.08. The molecule has 0 radical (unpaired) electrons. The lowest BCUT2D eigenvalue weighted by molar-refractivity contribution is -0.129. The van der Waals surface area contributed by atoms with Gasteiger partial charge in [-0.25, -0.2) is 0 Å². The summed E-state index contributed by atoms with van der Waals surface area (Å²) in [4.78, 5) is 11.8. The van der Waals surface area contributed by atoms with Gasteiger partial charge >= 0.3 is 6.18 Å². The maximum absolute atomic E-state index is 12.0. The Bertz CT molecular complexity index is 394. The van der Waals surface area contributed by atoms with Crippen LogP contribution in [0.4, 0.5) is 13.2 Å². The maximum Gasteiger partial charge on any atom is 0.401 e. The van der Waals surface area contributed by atoms with Crippen LogP contribution in [-0.4, -0.2) is 31.2 Å². The highest BCUT2D eigenvalue weighted by molar-refractivity contribution is 5.78. The summed E-state index contributed by atoms with van der Waals surface area (Å²) in [5.41, 5.74) is 0.238. The zero-order valence-corrected chi connectivity index (χ0v) is 12.2. The van der Waals surface area contributed by atoms with Crippen LogP contribution in [0, 0.1) is 16.7 Å². The van der Waals surface area contributed by atoms with Gasteiger partial charge in [-0.05, 0) is 36.0 Å². The van der Waals surface area contributed by atoms with Gasteiger partial charge in [-0.15, -0.1) is 0 Å². The second kappa shape index (κ2) is 4.90. The SMILES string of the molecule is CC1(C)C2CCC1(C)C(NC(=O)CNCC(F)(F)F)C2. The predicted molar refractivity (Wildman–Crippen MR) is 70.1 cm³/mol. The summed E-state index contributed by atoms with van der Waals surface area (Å²) in [7, 11) is 0. The molecule has 2 N–H and O–H groups in total. The molecule has 0 saturated heterocycles. The number of halogens is 3. The average molecular weight is 292 g/mol. The molecule has 0 aromatic heterocycles. The molecule has 2 rings (SSSR count). The van der Waals surface area contributed by atoms with E-state index in [2.05, 4.69) is 31.4 Å². The Hall–Kier alpha value is -0.780. The van der Waals surface area contributed by atoms with E-state index >= 15 is 0 Å². The van der Waals surface area contributed by atoms with E-state index in [4.69, 9.17) is 0 Å². The standard InChI is InChI=1S/C14H23F3N2O/c1-12(2)9-4-5-13(12,3)10(6-9)19-11(20)7-18-8-14(15,16)17/h9-10,18H,4-8H2,1-3H3,(H,19,20). The molecule has 116 valence electrons. The molecular weight excluding hydrogens is 269 g/mol. The third-order valence-corrected chi connectivity index (χ3v) is 5.74. The van der Waals surface area contributed by atoms with Crippen molar-refractivity contribution in [1.29, 1.82) is 0 Å². The van der Waals surface area contributed by atoms with Gasteiger partial charge in [0.15, 0.2) is 0 Å². The number of fused-ring (bicyclic) bond motifs is 2. The number of carbonyl (C=O) groups excluding carboxylic acids is 1. The number of rotatable bonds is 4. The first-order valence-corrected chi connectivity index (χ1v) is 7.13. The van der Waals surface area contributed by atoms with Crippen LogP contribution < -0.4 is 10.6 Å². The summed E-state index contributed by atoms with van der Waals surface area (Å²) in [5, 5.41) is 5.06. The van der Waals surface area contributed by atoms with Crippen molar-refractivity contribution in [3.05, 3.63) is 0 Å². The highest BCUT2D eigenvalue weighted by Crippen LogP contribution is 2.65. The molecule has 20 heavy (non-hydrogen) atoms. The van der Waals surface area contributed by atoms with Gasteiger partial charge in [-0.3, -0.25) is 4.79 Å². The fourth-order valence-electron chi connectivity index (χ4n) is 3.99. The van der Waals surface area contributed by atoms with Crippen molar-refractivity contribution in [3.8, 4) is 0 Å². The van der Waals surface area contributed by atoms with Crippen molar-refractivity contribution < 1.29 is 18.0 Å². The Morgan fingerprint density at radius 3 is 2.40 bits per heavy atom. The quantitative estimate of drug-likeness (QED) is 0.836. The molecule has 1 amide bonds. The lowest BCUT2D eigenvalue weighted by Gasteiger charge is -2.39. The lowest BCUT2D eigenvalue weighted by Crippen LogP contribution is -2.49. The molecule has 2 aliphatic rings. The highest BCUT2D eigenvalue weighted by Gasteiger charge is 2.61. The molecule has 0 spiro atoms. The molecular formula is C14H23F3N2O. The summed E-state index contributed by atoms with van der Waals surface area (Å²) in [6, 6.07) is 0.0800. The molecule has 2 fully saturated rings. The average Bonchev–Trinajstić information content (AvgIpc) is 2.60. The Balaban J connectivity index is 1.85. The summed E-state index contributed by atoms with van der Waals surface area (Å²) < 4.78 is 36.0. The fourth-order valence-corrected chi connectivity index (χ4v) is 3.99. The molecule has 0 heterocycles. The van der Waals surface area contributed by atoms with Gasteiger partial charge in [-0.1, -0.05) is 20.8 Å². The van der Waals surface area contributed by atoms with Gasteiger partial charge in [0.1, 0.15) is 0 Å². The largest absolute Gasteiger partial charge is 0.401 e. The van der Waals surface area contributed by atoms with E-state index in [0.717, 1.165) is 12.8 Å². The van der Waals surface area contributed by atoms with E-state index in [-0.39, 0.29) is 29.3 Å². The normalized spacial score (nSPS) is 35.3. The second-order valence-electron chi connectivity index (χ2n) is 6.95. The van der Waals surface area contributed by atoms with Gasteiger partial charge in [0.25, 0.3) is 0 Å². The van der Waals surface area contributed by atoms with E-state index in [0.29, 0.717) is 5.92 Å². The molecule has 3 atom stereocenters. The van der Waals surface area contributed by atoms with E-state index in [1.165, 1.54) is 6.42 Å². The van der Waals surface area contributed by atoms with Crippen LogP contribution in [0.25, 0.3) is 0 Å². The molecule has 0 aromatic carbocycles. The summed E-state index contributed by atoms with van der Waals surface area (Å²) in [6.45, 7) is 5.25. The fraction of sp³-hybridized carbons (Fsp3) is 0.929. The minimum absolute atomic E-state index is 0.0529. The molecule has 0 aliphatic heterocycles. The predicted octanol–water partition coefficient (Wildman–Crippen LogP) is 2.47. The number of hydrogen-bond acceptors (Lipinski definition) is 2. The van der Waals surface area contributed by atoms with Gasteiger partial charge in [0, 0.05) is 6.04 Å². The number of carbonyl (C=O) groups is 1. The van der Waals surface area contributed by atoms with Crippen LogP contribution in [-0.2, 0) is 4.79 Å². The highest BCUT2D eigenvalue weighted by atomic mass is 19.4. The van der Waals surface area contributed by atoms with Crippen LogP contribution in [0.2, 0.25) is 0 Å². The van der Waals surface area contributed by atoms with Crippen molar-refractivity contribution in [2.24, 2.45) is 16.7 Å². The van der Waals surface area contributed by atoms with Gasteiger partial charge < -0.3 is 10.6 Å². The van der Waals surface area contributed by atoms with Crippen LogP contribution >= 0.6 is 0 Å². The zero-order valence-electron chi connectivity index (χ0n) is 12.2. The Labute approximate surface area is 117 Å². The van der Waals surface area contributed by atoms with Crippen LogP contribution in [0.5, 0.6) is 0 Å². The molecule has 3 unspecified atom stereocenters. The Morgan fingerprint density at radius 2 is 1.95 bits per heavy atom. The van der Waals surface area contributed by atoms with Gasteiger partial charge in [-0.2, -0.15) is 13.2 Å².